The van der Waals surface area contributed by atoms with Crippen LogP contribution in [0.15, 0.2) is 5.03 Å². The standard InChI is InChI=1S/C10H14N4O4S/c1-4-11-10-12-6(2)8(14(16)17)9(13-10)19-5-7(15)18-3/h4-5H2,1-3H3,(H,11,12,13). The van der Waals surface area contributed by atoms with E-state index in [4.69, 9.17) is 0 Å². The zero-order chi connectivity index (χ0) is 14.4. The number of methoxy groups -OCH3 is 1. The van der Waals surface area contributed by atoms with Crippen LogP contribution >= 0.6 is 11.8 Å². The van der Waals surface area contributed by atoms with Gasteiger partial charge in [0.25, 0.3) is 0 Å². The Morgan fingerprint density at radius 3 is 2.74 bits per heavy atom. The first-order valence-corrected chi connectivity index (χ1v) is 6.44. The van der Waals surface area contributed by atoms with Crippen LogP contribution in [0, 0.1) is 17.0 Å². The third kappa shape index (κ3) is 4.05. The molecule has 0 aliphatic rings. The predicted octanol–water partition coefficient (Wildman–Crippen LogP) is 1.39. The van der Waals surface area contributed by atoms with Crippen LogP contribution in [0.4, 0.5) is 11.6 Å². The summed E-state index contributed by atoms with van der Waals surface area (Å²) in [7, 11) is 1.26. The number of carbonyl (C=O) groups is 1. The number of aromatic nitrogens is 2. The number of rotatable bonds is 6. The lowest BCUT2D eigenvalue weighted by atomic mass is 10.4. The molecule has 104 valence electrons. The van der Waals surface area contributed by atoms with Gasteiger partial charge in [0, 0.05) is 6.54 Å². The van der Waals surface area contributed by atoms with E-state index in [9.17, 15) is 14.9 Å². The maximum Gasteiger partial charge on any atom is 0.322 e. The number of thioether (sulfide) groups is 1. The largest absolute Gasteiger partial charge is 0.468 e. The molecule has 0 aliphatic heterocycles. The first-order valence-electron chi connectivity index (χ1n) is 5.46. The van der Waals surface area contributed by atoms with E-state index in [0.29, 0.717) is 12.5 Å². The number of carbonyl (C=O) groups excluding carboxylic acids is 1. The lowest BCUT2D eigenvalue weighted by Crippen LogP contribution is -2.09. The van der Waals surface area contributed by atoms with Crippen molar-refractivity contribution in [3.63, 3.8) is 0 Å². The molecule has 1 aromatic rings. The summed E-state index contributed by atoms with van der Waals surface area (Å²) in [5.74, 6) is -0.210. The number of hydrogen-bond acceptors (Lipinski definition) is 8. The molecule has 0 aromatic carbocycles. The molecule has 0 fully saturated rings. The van der Waals surface area contributed by atoms with Crippen molar-refractivity contribution in [2.45, 2.75) is 18.9 Å². The van der Waals surface area contributed by atoms with Gasteiger partial charge in [-0.3, -0.25) is 14.9 Å². The summed E-state index contributed by atoms with van der Waals surface area (Å²) < 4.78 is 4.49. The van der Waals surface area contributed by atoms with E-state index in [2.05, 4.69) is 20.0 Å². The Labute approximate surface area is 114 Å². The van der Waals surface area contributed by atoms with Gasteiger partial charge in [0.1, 0.15) is 5.69 Å². The molecule has 8 nitrogen and oxygen atoms in total. The van der Waals surface area contributed by atoms with Gasteiger partial charge in [0.15, 0.2) is 5.03 Å². The molecule has 1 rings (SSSR count). The van der Waals surface area contributed by atoms with Crippen molar-refractivity contribution in [2.75, 3.05) is 24.7 Å². The van der Waals surface area contributed by atoms with Gasteiger partial charge in [-0.1, -0.05) is 11.8 Å². The summed E-state index contributed by atoms with van der Waals surface area (Å²) in [6, 6.07) is 0. The fourth-order valence-electron chi connectivity index (χ4n) is 1.27. The number of hydrogen-bond donors (Lipinski definition) is 1. The smallest absolute Gasteiger partial charge is 0.322 e. The molecule has 9 heteroatoms. The maximum absolute atomic E-state index is 11.1. The molecular formula is C10H14N4O4S. The van der Waals surface area contributed by atoms with Gasteiger partial charge in [0.05, 0.1) is 17.8 Å². The van der Waals surface area contributed by atoms with E-state index >= 15 is 0 Å². The van der Waals surface area contributed by atoms with Crippen molar-refractivity contribution in [3.05, 3.63) is 15.8 Å². The minimum Gasteiger partial charge on any atom is -0.468 e. The van der Waals surface area contributed by atoms with Crippen molar-refractivity contribution in [1.82, 2.24) is 9.97 Å². The SMILES string of the molecule is CCNc1nc(C)c([N+](=O)[O-])c(SCC(=O)OC)n1. The zero-order valence-electron chi connectivity index (χ0n) is 10.8. The number of nitrogens with one attached hydrogen (secondary N) is 1. The number of aryl methyl sites for hydroxylation is 1. The van der Waals surface area contributed by atoms with Gasteiger partial charge in [-0.15, -0.1) is 0 Å². The van der Waals surface area contributed by atoms with Crippen LogP contribution in [-0.2, 0) is 9.53 Å². The Morgan fingerprint density at radius 2 is 2.21 bits per heavy atom. The van der Waals surface area contributed by atoms with Crippen molar-refractivity contribution >= 4 is 29.4 Å². The topological polar surface area (TPSA) is 107 Å². The molecule has 0 radical (unpaired) electrons. The zero-order valence-corrected chi connectivity index (χ0v) is 11.6. The van der Waals surface area contributed by atoms with Crippen molar-refractivity contribution in [1.29, 1.82) is 0 Å². The van der Waals surface area contributed by atoms with E-state index in [1.165, 1.54) is 14.0 Å². The average molecular weight is 286 g/mol. The minimum absolute atomic E-state index is 0.0423. The molecule has 0 unspecified atom stereocenters. The highest BCUT2D eigenvalue weighted by molar-refractivity contribution is 8.00. The predicted molar refractivity (Wildman–Crippen MR) is 70.3 cm³/mol. The lowest BCUT2D eigenvalue weighted by Gasteiger charge is -2.07. The average Bonchev–Trinajstić information content (AvgIpc) is 2.35. The Kier molecular flexibility index (Phi) is 5.49. The number of anilines is 1. The summed E-state index contributed by atoms with van der Waals surface area (Å²) in [4.78, 5) is 29.6. The summed E-state index contributed by atoms with van der Waals surface area (Å²) in [6.07, 6.45) is 0. The molecule has 0 saturated carbocycles. The second-order valence-electron chi connectivity index (χ2n) is 3.44. The Hall–Kier alpha value is -1.90. The molecule has 1 aromatic heterocycles. The van der Waals surface area contributed by atoms with Gasteiger partial charge in [-0.2, -0.15) is 4.98 Å². The highest BCUT2D eigenvalue weighted by Crippen LogP contribution is 2.30. The summed E-state index contributed by atoms with van der Waals surface area (Å²) >= 11 is 0.955. The van der Waals surface area contributed by atoms with Crippen LogP contribution in [0.1, 0.15) is 12.6 Å². The Balaban J connectivity index is 3.09. The van der Waals surface area contributed by atoms with E-state index in [1.807, 2.05) is 6.92 Å². The van der Waals surface area contributed by atoms with E-state index in [1.54, 1.807) is 0 Å². The Bertz CT molecular complexity index is 495. The van der Waals surface area contributed by atoms with Crippen molar-refractivity contribution < 1.29 is 14.5 Å². The highest BCUT2D eigenvalue weighted by Gasteiger charge is 2.23. The molecule has 0 bridgehead atoms. The van der Waals surface area contributed by atoms with Gasteiger partial charge >= 0.3 is 11.7 Å². The Morgan fingerprint density at radius 1 is 1.53 bits per heavy atom. The number of esters is 1. The molecule has 0 saturated heterocycles. The van der Waals surface area contributed by atoms with Crippen LogP contribution in [0.5, 0.6) is 0 Å². The summed E-state index contributed by atoms with van der Waals surface area (Å²) in [6.45, 7) is 3.99. The van der Waals surface area contributed by atoms with Crippen LogP contribution in [0.3, 0.4) is 0 Å². The van der Waals surface area contributed by atoms with E-state index in [-0.39, 0.29) is 22.2 Å². The molecule has 0 amide bonds. The summed E-state index contributed by atoms with van der Waals surface area (Å²) in [5, 5.41) is 14.0. The van der Waals surface area contributed by atoms with Gasteiger partial charge < -0.3 is 10.1 Å². The molecule has 1 N–H and O–H groups in total. The molecule has 0 aliphatic carbocycles. The van der Waals surface area contributed by atoms with Crippen LogP contribution < -0.4 is 5.32 Å². The number of nitro groups is 1. The highest BCUT2D eigenvalue weighted by atomic mass is 32.2. The first kappa shape index (κ1) is 15.2. The van der Waals surface area contributed by atoms with Gasteiger partial charge in [-0.25, -0.2) is 4.98 Å². The van der Waals surface area contributed by atoms with Crippen LogP contribution in [0.25, 0.3) is 0 Å². The minimum atomic E-state index is -0.551. The fourth-order valence-corrected chi connectivity index (χ4v) is 2.16. The number of ether oxygens (including phenoxy) is 1. The second kappa shape index (κ2) is 6.88. The summed E-state index contributed by atoms with van der Waals surface area (Å²) in [5.41, 5.74) is 0.0684. The van der Waals surface area contributed by atoms with Gasteiger partial charge in [0.2, 0.25) is 5.95 Å². The molecule has 0 spiro atoms. The van der Waals surface area contributed by atoms with E-state index < -0.39 is 10.9 Å². The van der Waals surface area contributed by atoms with Crippen LogP contribution in [0.2, 0.25) is 0 Å². The fraction of sp³-hybridized carbons (Fsp3) is 0.500. The first-order chi connectivity index (χ1) is 8.99. The molecule has 19 heavy (non-hydrogen) atoms. The molecular weight excluding hydrogens is 272 g/mol. The normalized spacial score (nSPS) is 10.1. The van der Waals surface area contributed by atoms with Crippen molar-refractivity contribution in [2.24, 2.45) is 0 Å². The monoisotopic (exact) mass is 286 g/mol. The van der Waals surface area contributed by atoms with Crippen LogP contribution in [-0.4, -0.2) is 40.3 Å². The molecule has 0 atom stereocenters. The third-order valence-corrected chi connectivity index (χ3v) is 3.04. The third-order valence-electron chi connectivity index (χ3n) is 2.10. The van der Waals surface area contributed by atoms with Crippen molar-refractivity contribution in [3.8, 4) is 0 Å². The quantitative estimate of drug-likeness (QED) is 0.275. The van der Waals surface area contributed by atoms with E-state index in [0.717, 1.165) is 11.8 Å². The lowest BCUT2D eigenvalue weighted by molar-refractivity contribution is -0.389. The second-order valence-corrected chi connectivity index (χ2v) is 4.40. The maximum atomic E-state index is 11.1. The molecule has 1 heterocycles. The van der Waals surface area contributed by atoms with Gasteiger partial charge in [-0.05, 0) is 13.8 Å². The number of nitrogens with zero attached hydrogens (tertiary/aromatic N) is 3.